The van der Waals surface area contributed by atoms with Crippen molar-refractivity contribution in [2.45, 2.75) is 49.1 Å². The zero-order valence-electron chi connectivity index (χ0n) is 21.2. The molecule has 1 aliphatic rings. The number of hydrogen-bond donors (Lipinski definition) is 3. The van der Waals surface area contributed by atoms with E-state index in [1.54, 1.807) is 26.0 Å². The molecule has 0 bridgehead atoms. The monoisotopic (exact) mass is 521 g/mol. The van der Waals surface area contributed by atoms with Crippen molar-refractivity contribution in [3.05, 3.63) is 52.6 Å². The first-order valence-electron chi connectivity index (χ1n) is 11.9. The van der Waals surface area contributed by atoms with E-state index < -0.39 is 16.7 Å². The number of anilines is 1. The minimum absolute atomic E-state index is 0.244. The Morgan fingerprint density at radius 1 is 1.27 bits per heavy atom. The molecule has 5 N–H and O–H groups in total. The zero-order valence-corrected chi connectivity index (χ0v) is 22.0. The Balaban J connectivity index is 1.98. The van der Waals surface area contributed by atoms with Gasteiger partial charge in [0.2, 0.25) is 11.8 Å². The molecule has 3 rings (SSSR count). The highest BCUT2D eigenvalue weighted by atomic mass is 32.2. The number of hydrogen-bond acceptors (Lipinski definition) is 9. The maximum absolute atomic E-state index is 12.4. The lowest BCUT2D eigenvalue weighted by atomic mass is 10.0. The molecular weight excluding hydrogens is 490 g/mol. The number of carbonyl (C=O) groups is 2. The van der Waals surface area contributed by atoms with E-state index in [4.69, 9.17) is 21.2 Å². The van der Waals surface area contributed by atoms with Gasteiger partial charge in [-0.25, -0.2) is 4.98 Å². The van der Waals surface area contributed by atoms with Crippen LogP contribution >= 0.6 is 11.8 Å². The highest BCUT2D eigenvalue weighted by Crippen LogP contribution is 2.39. The summed E-state index contributed by atoms with van der Waals surface area (Å²) in [4.78, 5) is 31.2. The van der Waals surface area contributed by atoms with Crippen molar-refractivity contribution < 1.29 is 14.3 Å². The molecule has 1 aromatic heterocycles. The van der Waals surface area contributed by atoms with Crippen LogP contribution in [0.25, 0.3) is 0 Å². The number of aromatic nitrogens is 1. The fourth-order valence-corrected chi connectivity index (χ4v) is 5.06. The number of benzene rings is 1. The minimum atomic E-state index is -1.02. The van der Waals surface area contributed by atoms with Gasteiger partial charge in [-0.1, -0.05) is 49.0 Å². The van der Waals surface area contributed by atoms with Crippen LogP contribution < -0.4 is 21.7 Å². The van der Waals surface area contributed by atoms with Crippen LogP contribution in [0.3, 0.4) is 0 Å². The lowest BCUT2D eigenvalue weighted by Crippen LogP contribution is -2.53. The summed E-state index contributed by atoms with van der Waals surface area (Å²) in [7, 11) is 0. The lowest BCUT2D eigenvalue weighted by molar-refractivity contribution is -0.126. The molecule has 1 unspecified atom stereocenters. The van der Waals surface area contributed by atoms with Crippen molar-refractivity contribution in [2.75, 3.05) is 31.1 Å². The number of pyridine rings is 1. The summed E-state index contributed by atoms with van der Waals surface area (Å²) in [5, 5.41) is 22.4. The molecular formula is C26H31N7O3S. The third-order valence-corrected chi connectivity index (χ3v) is 7.19. The molecule has 0 spiro atoms. The van der Waals surface area contributed by atoms with E-state index in [0.29, 0.717) is 53.7 Å². The van der Waals surface area contributed by atoms with Gasteiger partial charge in [0.1, 0.15) is 28.2 Å². The Kier molecular flexibility index (Phi) is 9.11. The molecule has 10 nitrogen and oxygen atoms in total. The highest BCUT2D eigenvalue weighted by Gasteiger charge is 2.30. The van der Waals surface area contributed by atoms with Gasteiger partial charge in [-0.05, 0) is 31.4 Å². The van der Waals surface area contributed by atoms with Crippen LogP contribution in [-0.4, -0.2) is 54.7 Å². The van der Waals surface area contributed by atoms with Crippen LogP contribution in [0.5, 0.6) is 0 Å². The smallest absolute Gasteiger partial charge is 0.239 e. The van der Waals surface area contributed by atoms with E-state index in [1.165, 1.54) is 0 Å². The first kappa shape index (κ1) is 27.9. The number of nitrogens with one attached hydrogen (secondary N) is 1. The van der Waals surface area contributed by atoms with E-state index >= 15 is 0 Å². The van der Waals surface area contributed by atoms with Gasteiger partial charge in [0, 0.05) is 19.6 Å². The highest BCUT2D eigenvalue weighted by molar-refractivity contribution is 8.00. The second kappa shape index (κ2) is 12.1. The van der Waals surface area contributed by atoms with E-state index in [1.807, 2.05) is 30.0 Å². The zero-order chi connectivity index (χ0) is 27.2. The van der Waals surface area contributed by atoms with Crippen LogP contribution in [-0.2, 0) is 20.7 Å². The summed E-state index contributed by atoms with van der Waals surface area (Å²) in [6.45, 7) is 6.54. The van der Waals surface area contributed by atoms with Crippen molar-refractivity contribution >= 4 is 29.4 Å². The van der Waals surface area contributed by atoms with Gasteiger partial charge >= 0.3 is 0 Å². The summed E-state index contributed by atoms with van der Waals surface area (Å²) < 4.78 is 5.83. The fraction of sp³-hybridized carbons (Fsp3) is 0.423. The van der Waals surface area contributed by atoms with Gasteiger partial charge in [0.15, 0.2) is 0 Å². The van der Waals surface area contributed by atoms with Crippen molar-refractivity contribution in [3.63, 3.8) is 0 Å². The maximum atomic E-state index is 12.4. The Bertz CT molecular complexity index is 1230. The van der Waals surface area contributed by atoms with Crippen LogP contribution in [0.4, 0.5) is 5.82 Å². The number of nitriles is 2. The summed E-state index contributed by atoms with van der Waals surface area (Å²) in [6.07, 6.45) is 0.0736. The van der Waals surface area contributed by atoms with Gasteiger partial charge in [-0.2, -0.15) is 10.5 Å². The molecule has 2 aromatic rings. The quantitative estimate of drug-likeness (QED) is 0.416. The number of primary amides is 1. The third-order valence-electron chi connectivity index (χ3n) is 5.93. The van der Waals surface area contributed by atoms with Crippen LogP contribution in [0.15, 0.2) is 35.4 Å². The fourth-order valence-electron chi connectivity index (χ4n) is 4.00. The van der Waals surface area contributed by atoms with Gasteiger partial charge in [-0.15, -0.1) is 0 Å². The Labute approximate surface area is 221 Å². The number of morpholine rings is 1. The van der Waals surface area contributed by atoms with Gasteiger partial charge in [0.25, 0.3) is 0 Å². The van der Waals surface area contributed by atoms with Crippen LogP contribution in [0.2, 0.25) is 0 Å². The molecule has 11 heteroatoms. The van der Waals surface area contributed by atoms with Crippen molar-refractivity contribution in [1.29, 1.82) is 10.5 Å². The predicted octanol–water partition coefficient (Wildman–Crippen LogP) is 1.76. The second-order valence-corrected chi connectivity index (χ2v) is 10.3. The van der Waals surface area contributed by atoms with Crippen molar-refractivity contribution in [1.82, 2.24) is 10.3 Å². The molecule has 37 heavy (non-hydrogen) atoms. The van der Waals surface area contributed by atoms with E-state index in [0.717, 1.165) is 11.8 Å². The molecule has 1 aliphatic heterocycles. The van der Waals surface area contributed by atoms with Crippen LogP contribution in [0.1, 0.15) is 48.3 Å². The number of amides is 2. The van der Waals surface area contributed by atoms with Gasteiger partial charge in [-0.3, -0.25) is 9.59 Å². The largest absolute Gasteiger partial charge is 0.373 e. The molecule has 2 amide bonds. The number of rotatable bonds is 9. The van der Waals surface area contributed by atoms with Crippen molar-refractivity contribution in [3.8, 4) is 12.1 Å². The maximum Gasteiger partial charge on any atom is 0.239 e. The third kappa shape index (κ3) is 6.57. The van der Waals surface area contributed by atoms with Crippen molar-refractivity contribution in [2.24, 2.45) is 11.5 Å². The summed E-state index contributed by atoms with van der Waals surface area (Å²) in [6, 6.07) is 13.5. The summed E-state index contributed by atoms with van der Waals surface area (Å²) in [5.41, 5.74) is 12.4. The molecule has 1 fully saturated rings. The topological polar surface area (TPSA) is 171 Å². The Morgan fingerprint density at radius 2 is 1.95 bits per heavy atom. The predicted molar refractivity (Wildman–Crippen MR) is 141 cm³/mol. The number of carbonyl (C=O) groups excluding carboxylic acids is 2. The molecule has 2 heterocycles. The van der Waals surface area contributed by atoms with Gasteiger partial charge in [0.05, 0.1) is 29.4 Å². The van der Waals surface area contributed by atoms with Crippen LogP contribution in [0, 0.1) is 22.7 Å². The lowest BCUT2D eigenvalue weighted by Gasteiger charge is -2.35. The summed E-state index contributed by atoms with van der Waals surface area (Å²) in [5.74, 6) is -0.445. The molecule has 0 saturated carbocycles. The van der Waals surface area contributed by atoms with E-state index in [-0.39, 0.29) is 24.1 Å². The first-order chi connectivity index (χ1) is 17.6. The molecule has 194 valence electrons. The molecule has 0 aliphatic carbocycles. The first-order valence-corrected chi connectivity index (χ1v) is 12.8. The van der Waals surface area contributed by atoms with E-state index in [9.17, 15) is 20.1 Å². The summed E-state index contributed by atoms with van der Waals surface area (Å²) >= 11 is 1.10. The standard InChI is InChI=1S/C26H31N7O3S/c1-4-18-19(12-27)23(33-10-11-36-17(15-33)14-31-25(35)26(2,3)30)32-24(20(18)13-28)37-21(22(29)34)16-8-6-5-7-9-16/h5-9,17,21H,4,10-11,14-15,30H2,1-3H3,(H2,29,34)(H,31,35)/t17-,21?/m1/s1. The second-order valence-electron chi connectivity index (χ2n) is 9.23. The molecule has 0 radical (unpaired) electrons. The van der Waals surface area contributed by atoms with E-state index in [2.05, 4.69) is 17.5 Å². The Hall–Kier alpha value is -3.64. The molecule has 2 atom stereocenters. The number of nitrogens with two attached hydrogens (primary N) is 2. The number of ether oxygens (including phenoxy) is 1. The number of thioether (sulfide) groups is 1. The van der Waals surface area contributed by atoms with Gasteiger partial charge < -0.3 is 26.4 Å². The Morgan fingerprint density at radius 3 is 2.51 bits per heavy atom. The SMILES string of the molecule is CCc1c(C#N)c(SC(C(N)=O)c2ccccc2)nc(N2CCO[C@H](CNC(=O)C(C)(C)N)C2)c1C#N. The average Bonchev–Trinajstić information content (AvgIpc) is 2.89. The number of nitrogens with zero attached hydrogens (tertiary/aromatic N) is 4. The normalized spacial score (nSPS) is 16.4. The molecule has 1 saturated heterocycles. The minimum Gasteiger partial charge on any atom is -0.373 e. The average molecular weight is 522 g/mol. The molecule has 1 aromatic carbocycles.